The highest BCUT2D eigenvalue weighted by atomic mass is 35.5. The monoisotopic (exact) mass is 467 g/mol. The number of anilines is 1. The number of nitrogens with one attached hydrogen (secondary N) is 1. The van der Waals surface area contributed by atoms with Gasteiger partial charge < -0.3 is 24.3 Å². The number of aryl methyl sites for hydroxylation is 1. The van der Waals surface area contributed by atoms with Crippen molar-refractivity contribution in [1.29, 1.82) is 0 Å². The molecule has 172 valence electrons. The topological polar surface area (TPSA) is 66.0 Å². The highest BCUT2D eigenvalue weighted by Crippen LogP contribution is 2.36. The lowest BCUT2D eigenvalue weighted by atomic mass is 10.1. The number of carbonyl (C=O) groups excluding carboxylic acids is 1. The van der Waals surface area contributed by atoms with E-state index < -0.39 is 0 Å². The van der Waals surface area contributed by atoms with Gasteiger partial charge in [-0.3, -0.25) is 4.79 Å². The Kier molecular flexibility index (Phi) is 8.22. The summed E-state index contributed by atoms with van der Waals surface area (Å²) < 4.78 is 21.9. The Balaban J connectivity index is 1.70. The molecule has 0 atom stereocenters. The first-order chi connectivity index (χ1) is 15.9. The molecule has 0 aromatic heterocycles. The van der Waals surface area contributed by atoms with Gasteiger partial charge in [-0.15, -0.1) is 0 Å². The largest absolute Gasteiger partial charge is 0.495 e. The Labute approximate surface area is 198 Å². The highest BCUT2D eigenvalue weighted by molar-refractivity contribution is 6.32. The highest BCUT2D eigenvalue weighted by Gasteiger charge is 2.12. The quantitative estimate of drug-likeness (QED) is 0.396. The van der Waals surface area contributed by atoms with Crippen LogP contribution in [0.3, 0.4) is 0 Å². The van der Waals surface area contributed by atoms with Crippen molar-refractivity contribution in [2.45, 2.75) is 13.5 Å². The zero-order valence-electron chi connectivity index (χ0n) is 19.0. The Morgan fingerprint density at radius 3 is 2.33 bits per heavy atom. The molecule has 0 aliphatic heterocycles. The fourth-order valence-electron chi connectivity index (χ4n) is 3.14. The second kappa shape index (κ2) is 11.3. The molecule has 0 radical (unpaired) electrons. The third-order valence-electron chi connectivity index (χ3n) is 4.99. The fourth-order valence-corrected chi connectivity index (χ4v) is 3.37. The predicted octanol–water partition coefficient (Wildman–Crippen LogP) is 5.91. The summed E-state index contributed by atoms with van der Waals surface area (Å²) in [4.78, 5) is 12.5. The third kappa shape index (κ3) is 6.20. The van der Waals surface area contributed by atoms with Crippen LogP contribution in [0.5, 0.6) is 23.0 Å². The number of carbonyl (C=O) groups is 1. The lowest BCUT2D eigenvalue weighted by Crippen LogP contribution is -2.09. The second-order valence-corrected chi connectivity index (χ2v) is 7.54. The summed E-state index contributed by atoms with van der Waals surface area (Å²) in [5.74, 6) is 1.73. The van der Waals surface area contributed by atoms with E-state index in [9.17, 15) is 4.79 Å². The van der Waals surface area contributed by atoms with Crippen LogP contribution in [0.2, 0.25) is 5.02 Å². The van der Waals surface area contributed by atoms with Gasteiger partial charge in [-0.05, 0) is 41.8 Å². The third-order valence-corrected chi connectivity index (χ3v) is 5.29. The lowest BCUT2D eigenvalue weighted by Gasteiger charge is -2.13. The van der Waals surface area contributed by atoms with E-state index in [-0.39, 0.29) is 5.91 Å². The number of methoxy groups -OCH3 is 3. The first-order valence-electron chi connectivity index (χ1n) is 10.2. The molecular formula is C26H26ClNO5. The first kappa shape index (κ1) is 24.0. The van der Waals surface area contributed by atoms with Gasteiger partial charge in [-0.25, -0.2) is 0 Å². The lowest BCUT2D eigenvalue weighted by molar-refractivity contribution is -0.111. The van der Waals surface area contributed by atoms with Crippen molar-refractivity contribution in [3.8, 4) is 23.0 Å². The maximum absolute atomic E-state index is 12.5. The van der Waals surface area contributed by atoms with Crippen molar-refractivity contribution >= 4 is 29.3 Å². The van der Waals surface area contributed by atoms with Crippen molar-refractivity contribution in [3.63, 3.8) is 0 Å². The Bertz CT molecular complexity index is 1160. The average molecular weight is 468 g/mol. The number of benzene rings is 3. The van der Waals surface area contributed by atoms with E-state index in [0.29, 0.717) is 40.3 Å². The summed E-state index contributed by atoms with van der Waals surface area (Å²) in [7, 11) is 4.58. The molecule has 0 saturated heterocycles. The molecule has 3 rings (SSSR count). The molecule has 0 unspecified atom stereocenters. The van der Waals surface area contributed by atoms with Crippen molar-refractivity contribution in [2.24, 2.45) is 0 Å². The minimum absolute atomic E-state index is 0.337. The standard InChI is InChI=1S/C26H26ClNO5/c1-17-7-5-6-8-19(17)16-33-22-11-9-18(13-25(22)32-4)10-12-26(29)28-21-15-23(30-2)20(27)14-24(21)31-3/h5-15H,16H2,1-4H3,(H,28,29)/b12-10+. The average Bonchev–Trinajstić information content (AvgIpc) is 2.83. The Morgan fingerprint density at radius 2 is 1.64 bits per heavy atom. The minimum Gasteiger partial charge on any atom is -0.495 e. The van der Waals surface area contributed by atoms with Gasteiger partial charge in [0.25, 0.3) is 0 Å². The van der Waals surface area contributed by atoms with Crippen LogP contribution >= 0.6 is 11.6 Å². The molecule has 0 heterocycles. The van der Waals surface area contributed by atoms with Gasteiger partial charge in [-0.1, -0.05) is 41.9 Å². The molecule has 7 heteroatoms. The minimum atomic E-state index is -0.337. The van der Waals surface area contributed by atoms with E-state index in [2.05, 4.69) is 5.32 Å². The first-order valence-corrected chi connectivity index (χ1v) is 10.6. The number of hydrogen-bond acceptors (Lipinski definition) is 5. The van der Waals surface area contributed by atoms with Gasteiger partial charge in [0.2, 0.25) is 5.91 Å². The zero-order chi connectivity index (χ0) is 23.8. The van der Waals surface area contributed by atoms with Gasteiger partial charge in [0.1, 0.15) is 18.1 Å². The van der Waals surface area contributed by atoms with E-state index in [0.717, 1.165) is 16.7 Å². The van der Waals surface area contributed by atoms with Crippen molar-refractivity contribution in [1.82, 2.24) is 0 Å². The van der Waals surface area contributed by atoms with E-state index in [4.69, 9.17) is 30.5 Å². The van der Waals surface area contributed by atoms with Crippen molar-refractivity contribution < 1.29 is 23.7 Å². The van der Waals surface area contributed by atoms with Crippen LogP contribution in [0.4, 0.5) is 5.69 Å². The molecule has 1 N–H and O–H groups in total. The van der Waals surface area contributed by atoms with Crippen molar-refractivity contribution in [3.05, 3.63) is 82.4 Å². The maximum atomic E-state index is 12.5. The molecule has 3 aromatic rings. The van der Waals surface area contributed by atoms with E-state index in [1.54, 1.807) is 25.3 Å². The number of hydrogen-bond donors (Lipinski definition) is 1. The molecule has 1 amide bonds. The summed E-state index contributed by atoms with van der Waals surface area (Å²) in [6.45, 7) is 2.48. The molecule has 0 aliphatic carbocycles. The van der Waals surface area contributed by atoms with E-state index in [1.165, 1.54) is 20.3 Å². The summed E-state index contributed by atoms with van der Waals surface area (Å²) in [6.07, 6.45) is 3.10. The molecule has 6 nitrogen and oxygen atoms in total. The summed E-state index contributed by atoms with van der Waals surface area (Å²) >= 11 is 6.11. The molecule has 0 bridgehead atoms. The second-order valence-electron chi connectivity index (χ2n) is 7.14. The van der Waals surface area contributed by atoms with Gasteiger partial charge in [0, 0.05) is 18.2 Å². The van der Waals surface area contributed by atoms with Crippen LogP contribution in [-0.2, 0) is 11.4 Å². The number of amides is 1. The number of rotatable bonds is 9. The molecule has 0 saturated carbocycles. The smallest absolute Gasteiger partial charge is 0.248 e. The van der Waals surface area contributed by atoms with Crippen LogP contribution in [0.1, 0.15) is 16.7 Å². The van der Waals surface area contributed by atoms with Gasteiger partial charge in [0.15, 0.2) is 11.5 Å². The molecule has 33 heavy (non-hydrogen) atoms. The van der Waals surface area contributed by atoms with E-state index >= 15 is 0 Å². The van der Waals surface area contributed by atoms with E-state index in [1.807, 2.05) is 49.4 Å². The zero-order valence-corrected chi connectivity index (χ0v) is 19.7. The summed E-state index contributed by atoms with van der Waals surface area (Å²) in [6, 6.07) is 16.7. The van der Waals surface area contributed by atoms with Crippen LogP contribution in [0.15, 0.2) is 60.7 Å². The Hall–Kier alpha value is -3.64. The fraction of sp³-hybridized carbons (Fsp3) is 0.192. The molecule has 0 fully saturated rings. The summed E-state index contributed by atoms with van der Waals surface area (Å²) in [5, 5.41) is 3.16. The molecule has 3 aromatic carbocycles. The predicted molar refractivity (Wildman–Crippen MR) is 131 cm³/mol. The van der Waals surface area contributed by atoms with Crippen LogP contribution in [0, 0.1) is 6.92 Å². The van der Waals surface area contributed by atoms with Crippen LogP contribution in [0.25, 0.3) is 6.08 Å². The summed E-state index contributed by atoms with van der Waals surface area (Å²) in [5.41, 5.74) is 3.50. The van der Waals surface area contributed by atoms with Gasteiger partial charge >= 0.3 is 0 Å². The normalized spacial score (nSPS) is 10.7. The number of halogens is 1. The van der Waals surface area contributed by atoms with Crippen LogP contribution in [-0.4, -0.2) is 27.2 Å². The molecule has 0 spiro atoms. The Morgan fingerprint density at radius 1 is 0.909 bits per heavy atom. The molecular weight excluding hydrogens is 442 g/mol. The SMILES string of the molecule is COc1cc(NC(=O)/C=C/c2ccc(OCc3ccccc3C)c(OC)c2)c(OC)cc1Cl. The van der Waals surface area contributed by atoms with Gasteiger partial charge in [0.05, 0.1) is 32.0 Å². The van der Waals surface area contributed by atoms with Gasteiger partial charge in [-0.2, -0.15) is 0 Å². The van der Waals surface area contributed by atoms with Crippen LogP contribution < -0.4 is 24.3 Å². The number of ether oxygens (including phenoxy) is 4. The molecule has 0 aliphatic rings. The maximum Gasteiger partial charge on any atom is 0.248 e. The van der Waals surface area contributed by atoms with Crippen molar-refractivity contribution in [2.75, 3.05) is 26.6 Å².